The Labute approximate surface area is 124 Å². The normalized spacial score (nSPS) is 18.9. The molecule has 1 aromatic heterocycles. The highest BCUT2D eigenvalue weighted by molar-refractivity contribution is 9.10. The van der Waals surface area contributed by atoms with Gasteiger partial charge in [0.1, 0.15) is 0 Å². The first kappa shape index (κ1) is 14.9. The third-order valence-corrected chi connectivity index (χ3v) is 4.49. The van der Waals surface area contributed by atoms with E-state index in [-0.39, 0.29) is 5.60 Å². The predicted molar refractivity (Wildman–Crippen MR) is 81.3 cm³/mol. The van der Waals surface area contributed by atoms with Gasteiger partial charge < -0.3 is 10.1 Å². The van der Waals surface area contributed by atoms with Gasteiger partial charge in [0.15, 0.2) is 0 Å². The van der Waals surface area contributed by atoms with Crippen molar-refractivity contribution in [3.8, 4) is 0 Å². The number of aromatic nitrogens is 1. The van der Waals surface area contributed by atoms with Crippen LogP contribution < -0.4 is 5.32 Å². The maximum absolute atomic E-state index is 5.75. The maximum atomic E-state index is 5.75. The van der Waals surface area contributed by atoms with Gasteiger partial charge in [0.05, 0.1) is 5.60 Å². The number of ether oxygens (including phenoxy) is 1. The monoisotopic (exact) mass is 326 g/mol. The lowest BCUT2D eigenvalue weighted by atomic mass is 9.75. The number of nitrogens with one attached hydrogen (secondary N) is 1. The highest BCUT2D eigenvalue weighted by atomic mass is 79.9. The Morgan fingerprint density at radius 2 is 2.26 bits per heavy atom. The quantitative estimate of drug-likeness (QED) is 0.834. The van der Waals surface area contributed by atoms with Crippen LogP contribution in [0.15, 0.2) is 22.9 Å². The molecule has 4 heteroatoms. The Morgan fingerprint density at radius 1 is 1.47 bits per heavy atom. The van der Waals surface area contributed by atoms with Crippen LogP contribution in [-0.2, 0) is 11.2 Å². The van der Waals surface area contributed by atoms with E-state index in [4.69, 9.17) is 4.74 Å². The van der Waals surface area contributed by atoms with Crippen molar-refractivity contribution in [3.05, 3.63) is 28.5 Å². The summed E-state index contributed by atoms with van der Waals surface area (Å²) in [5.74, 6) is 0. The van der Waals surface area contributed by atoms with Crippen LogP contribution in [0, 0.1) is 0 Å². The van der Waals surface area contributed by atoms with Gasteiger partial charge in [-0.05, 0) is 66.2 Å². The van der Waals surface area contributed by atoms with Crippen molar-refractivity contribution in [1.29, 1.82) is 0 Å². The molecule has 1 N–H and O–H groups in total. The Bertz CT molecular complexity index is 401. The summed E-state index contributed by atoms with van der Waals surface area (Å²) in [4.78, 5) is 4.24. The molecule has 0 bridgehead atoms. The summed E-state index contributed by atoms with van der Waals surface area (Å²) in [5, 5.41) is 3.59. The molecular formula is C15H23BrN2O. The lowest BCUT2D eigenvalue weighted by molar-refractivity contribution is -0.0833. The zero-order valence-corrected chi connectivity index (χ0v) is 13.4. The molecule has 0 radical (unpaired) electrons. The fraction of sp³-hybridized carbons (Fsp3) is 0.667. The first-order valence-corrected chi connectivity index (χ1v) is 7.85. The van der Waals surface area contributed by atoms with Crippen LogP contribution in [0.1, 0.15) is 38.2 Å². The lowest BCUT2D eigenvalue weighted by Crippen LogP contribution is -2.46. The van der Waals surface area contributed by atoms with Crippen LogP contribution >= 0.6 is 15.9 Å². The second-order valence-corrected chi connectivity index (χ2v) is 6.33. The first-order chi connectivity index (χ1) is 9.17. The Morgan fingerprint density at radius 3 is 2.79 bits per heavy atom. The summed E-state index contributed by atoms with van der Waals surface area (Å²) >= 11 is 3.48. The summed E-state index contributed by atoms with van der Waals surface area (Å²) in [6.07, 6.45) is 9.56. The molecule has 106 valence electrons. The van der Waals surface area contributed by atoms with E-state index in [9.17, 15) is 0 Å². The molecule has 0 aromatic carbocycles. The van der Waals surface area contributed by atoms with Crippen molar-refractivity contribution in [1.82, 2.24) is 10.3 Å². The topological polar surface area (TPSA) is 34.2 Å². The van der Waals surface area contributed by atoms with Gasteiger partial charge in [0.25, 0.3) is 0 Å². The largest absolute Gasteiger partial charge is 0.378 e. The maximum Gasteiger partial charge on any atom is 0.0693 e. The molecule has 0 saturated heterocycles. The van der Waals surface area contributed by atoms with Crippen molar-refractivity contribution in [2.75, 3.05) is 13.7 Å². The van der Waals surface area contributed by atoms with E-state index in [0.29, 0.717) is 6.04 Å². The number of halogens is 1. The molecule has 1 aliphatic rings. The predicted octanol–water partition coefficient (Wildman–Crippen LogP) is 3.32. The molecule has 19 heavy (non-hydrogen) atoms. The van der Waals surface area contributed by atoms with Gasteiger partial charge in [-0.15, -0.1) is 0 Å². The van der Waals surface area contributed by atoms with E-state index in [1.165, 1.54) is 24.8 Å². The highest BCUT2D eigenvalue weighted by Gasteiger charge is 2.38. The van der Waals surface area contributed by atoms with Crippen LogP contribution in [0.5, 0.6) is 0 Å². The minimum absolute atomic E-state index is 0.117. The van der Waals surface area contributed by atoms with E-state index >= 15 is 0 Å². The zero-order chi connectivity index (χ0) is 13.7. The average Bonchev–Trinajstić information content (AvgIpc) is 2.34. The number of hydrogen-bond donors (Lipinski definition) is 1. The summed E-state index contributed by atoms with van der Waals surface area (Å²) < 4.78 is 6.79. The molecule has 1 heterocycles. The molecule has 1 unspecified atom stereocenters. The molecule has 2 rings (SSSR count). The Hall–Kier alpha value is -0.450. The van der Waals surface area contributed by atoms with Crippen molar-refractivity contribution < 1.29 is 4.74 Å². The third-order valence-electron chi connectivity index (χ3n) is 4.05. The summed E-state index contributed by atoms with van der Waals surface area (Å²) in [7, 11) is 1.85. The number of rotatable bonds is 7. The average molecular weight is 327 g/mol. The van der Waals surface area contributed by atoms with Gasteiger partial charge in [0.2, 0.25) is 0 Å². The standard InChI is InChI=1S/C15H23BrN2O/c1-3-18-14(9-15(19-2)5-4-6-15)8-12-7-13(16)11-17-10-12/h7,10-11,14,18H,3-6,8-9H2,1-2H3. The van der Waals surface area contributed by atoms with Crippen molar-refractivity contribution in [2.24, 2.45) is 0 Å². The van der Waals surface area contributed by atoms with Gasteiger partial charge in [-0.1, -0.05) is 6.92 Å². The van der Waals surface area contributed by atoms with Crippen molar-refractivity contribution >= 4 is 15.9 Å². The molecule has 0 aliphatic heterocycles. The molecule has 0 amide bonds. The van der Waals surface area contributed by atoms with Gasteiger partial charge in [0, 0.05) is 30.0 Å². The highest BCUT2D eigenvalue weighted by Crippen LogP contribution is 2.39. The molecule has 0 spiro atoms. The van der Waals surface area contributed by atoms with E-state index in [1.807, 2.05) is 19.5 Å². The molecule has 1 fully saturated rings. The van der Waals surface area contributed by atoms with Gasteiger partial charge >= 0.3 is 0 Å². The molecule has 1 atom stereocenters. The second-order valence-electron chi connectivity index (χ2n) is 5.41. The molecule has 1 saturated carbocycles. The number of hydrogen-bond acceptors (Lipinski definition) is 3. The van der Waals surface area contributed by atoms with E-state index in [1.54, 1.807) is 0 Å². The molecule has 1 aliphatic carbocycles. The fourth-order valence-electron chi connectivity index (χ4n) is 2.87. The Balaban J connectivity index is 1.99. The minimum Gasteiger partial charge on any atom is -0.378 e. The van der Waals surface area contributed by atoms with Crippen LogP contribution in [0.2, 0.25) is 0 Å². The van der Waals surface area contributed by atoms with Crippen LogP contribution in [0.25, 0.3) is 0 Å². The SMILES string of the molecule is CCNC(Cc1cncc(Br)c1)CC1(OC)CCC1. The van der Waals surface area contributed by atoms with Crippen LogP contribution in [-0.4, -0.2) is 30.3 Å². The number of pyridine rings is 1. The third kappa shape index (κ3) is 4.01. The second kappa shape index (κ2) is 6.82. The molecular weight excluding hydrogens is 304 g/mol. The number of nitrogens with zero attached hydrogens (tertiary/aromatic N) is 1. The molecule has 3 nitrogen and oxygen atoms in total. The lowest BCUT2D eigenvalue weighted by Gasteiger charge is -2.43. The minimum atomic E-state index is 0.117. The van der Waals surface area contributed by atoms with Gasteiger partial charge in [-0.2, -0.15) is 0 Å². The van der Waals surface area contributed by atoms with Crippen molar-refractivity contribution in [3.63, 3.8) is 0 Å². The first-order valence-electron chi connectivity index (χ1n) is 7.05. The van der Waals surface area contributed by atoms with E-state index in [2.05, 4.69) is 39.2 Å². The van der Waals surface area contributed by atoms with Crippen LogP contribution in [0.3, 0.4) is 0 Å². The summed E-state index contributed by atoms with van der Waals surface area (Å²) in [6.45, 7) is 3.15. The van der Waals surface area contributed by atoms with E-state index < -0.39 is 0 Å². The zero-order valence-electron chi connectivity index (χ0n) is 11.8. The number of likely N-dealkylation sites (N-methyl/N-ethyl adjacent to an activating group) is 1. The van der Waals surface area contributed by atoms with E-state index in [0.717, 1.165) is 23.9 Å². The van der Waals surface area contributed by atoms with Crippen LogP contribution in [0.4, 0.5) is 0 Å². The number of methoxy groups -OCH3 is 1. The smallest absolute Gasteiger partial charge is 0.0693 e. The summed E-state index contributed by atoms with van der Waals surface area (Å²) in [6, 6.07) is 2.61. The summed E-state index contributed by atoms with van der Waals surface area (Å²) in [5.41, 5.74) is 1.39. The van der Waals surface area contributed by atoms with Gasteiger partial charge in [-0.3, -0.25) is 4.98 Å². The Kier molecular flexibility index (Phi) is 5.37. The fourth-order valence-corrected chi connectivity index (χ4v) is 3.28. The van der Waals surface area contributed by atoms with Crippen molar-refractivity contribution in [2.45, 2.75) is 50.7 Å². The molecule has 1 aromatic rings. The van der Waals surface area contributed by atoms with Gasteiger partial charge in [-0.25, -0.2) is 0 Å².